The van der Waals surface area contributed by atoms with Crippen LogP contribution in [-0.4, -0.2) is 27.0 Å². The van der Waals surface area contributed by atoms with Crippen molar-refractivity contribution in [3.8, 4) is 0 Å². The van der Waals surface area contributed by atoms with E-state index in [2.05, 4.69) is 10.3 Å². The van der Waals surface area contributed by atoms with Gasteiger partial charge in [-0.05, 0) is 38.5 Å². The summed E-state index contributed by atoms with van der Waals surface area (Å²) >= 11 is 1.22. The Bertz CT molecular complexity index is 545. The maximum absolute atomic E-state index is 12.9. The second kappa shape index (κ2) is 5.54. The van der Waals surface area contributed by atoms with E-state index in [1.54, 1.807) is 26.0 Å². The number of aliphatic imine (C=N–C) groups is 1. The molecule has 2 rings (SSSR count). The Morgan fingerprint density at radius 2 is 1.95 bits per heavy atom. The summed E-state index contributed by atoms with van der Waals surface area (Å²) < 4.78 is 11.9. The normalized spacial score (nSPS) is 25.2. The summed E-state index contributed by atoms with van der Waals surface area (Å²) in [5.74, 6) is -0.628. The number of thioether (sulfide) groups is 1. The van der Waals surface area contributed by atoms with Crippen LogP contribution in [0.4, 0.5) is 4.39 Å². The molecule has 0 aromatic heterocycles. The molecule has 0 aliphatic carbocycles. The predicted molar refractivity (Wildman–Crippen MR) is 78.1 cm³/mol. The van der Waals surface area contributed by atoms with E-state index in [1.807, 2.05) is 6.92 Å². The van der Waals surface area contributed by atoms with Crippen molar-refractivity contribution in [2.45, 2.75) is 37.7 Å². The van der Waals surface area contributed by atoms with Gasteiger partial charge >= 0.3 is 0 Å². The molecule has 1 aromatic carbocycles. The van der Waals surface area contributed by atoms with Crippen molar-refractivity contribution in [3.63, 3.8) is 0 Å². The lowest BCUT2D eigenvalue weighted by molar-refractivity contribution is -0.121. The zero-order valence-corrected chi connectivity index (χ0v) is 12.4. The van der Waals surface area contributed by atoms with Crippen LogP contribution < -0.4 is 5.32 Å². The highest BCUT2D eigenvalue weighted by atomic mass is 32.2. The molecule has 1 heterocycles. The summed E-state index contributed by atoms with van der Waals surface area (Å²) in [5.41, 5.74) is 0.896. The van der Waals surface area contributed by atoms with E-state index < -0.39 is 10.9 Å². The number of nitrogens with zero attached hydrogens (tertiary/aromatic N) is 1. The first-order valence-corrected chi connectivity index (χ1v) is 7.17. The second-order valence-electron chi connectivity index (χ2n) is 5.02. The third kappa shape index (κ3) is 2.86. The van der Waals surface area contributed by atoms with Gasteiger partial charge in [0.05, 0.1) is 12.1 Å². The zero-order chi connectivity index (χ0) is 14.9. The Morgan fingerprint density at radius 3 is 2.45 bits per heavy atom. The van der Waals surface area contributed by atoms with Crippen molar-refractivity contribution in [2.24, 2.45) is 4.99 Å². The number of rotatable bonds is 3. The number of hydrogen-bond acceptors (Lipinski definition) is 4. The lowest BCUT2D eigenvalue weighted by Crippen LogP contribution is -2.39. The minimum atomic E-state index is -0.940. The summed E-state index contributed by atoms with van der Waals surface area (Å²) in [6.45, 7) is 5.15. The number of benzene rings is 1. The van der Waals surface area contributed by atoms with Crippen molar-refractivity contribution in [1.82, 2.24) is 5.32 Å². The highest BCUT2D eigenvalue weighted by Gasteiger charge is 2.45. The average Bonchev–Trinajstić information content (AvgIpc) is 2.66. The van der Waals surface area contributed by atoms with Crippen LogP contribution in [0.3, 0.4) is 0 Å². The van der Waals surface area contributed by atoms with Gasteiger partial charge in [0.1, 0.15) is 10.6 Å². The SMILES string of the molecule is C[C@H](NC1=NC(=O)[C@@](C)([C@@H](C)O)S1)c1ccc(F)cc1. The molecular weight excluding hydrogens is 279 g/mol. The van der Waals surface area contributed by atoms with Gasteiger partial charge in [0.25, 0.3) is 5.91 Å². The molecule has 6 heteroatoms. The van der Waals surface area contributed by atoms with E-state index in [0.29, 0.717) is 5.17 Å². The molecule has 0 unspecified atom stereocenters. The fourth-order valence-corrected chi connectivity index (χ4v) is 2.89. The average molecular weight is 296 g/mol. The van der Waals surface area contributed by atoms with E-state index in [1.165, 1.54) is 23.9 Å². The standard InChI is InChI=1S/C14H17FN2O2S/c1-8(10-4-6-11(15)7-5-10)16-13-17-12(19)14(3,20-13)9(2)18/h4-9,18H,1-3H3,(H,16,17,19)/t8-,9+,14+/m0/s1. The number of halogens is 1. The van der Waals surface area contributed by atoms with Crippen LogP contribution in [0.2, 0.25) is 0 Å². The molecule has 2 N–H and O–H groups in total. The van der Waals surface area contributed by atoms with Crippen LogP contribution in [-0.2, 0) is 4.79 Å². The number of carbonyl (C=O) groups excluding carboxylic acids is 1. The Hall–Kier alpha value is -1.40. The number of amidine groups is 1. The smallest absolute Gasteiger partial charge is 0.267 e. The van der Waals surface area contributed by atoms with Gasteiger partial charge in [0.2, 0.25) is 0 Å². The summed E-state index contributed by atoms with van der Waals surface area (Å²) in [7, 11) is 0. The molecule has 1 amide bonds. The molecule has 0 saturated heterocycles. The van der Waals surface area contributed by atoms with Crippen molar-refractivity contribution in [1.29, 1.82) is 0 Å². The minimum Gasteiger partial charge on any atom is -0.391 e. The number of carbonyl (C=O) groups is 1. The van der Waals surface area contributed by atoms with Crippen LogP contribution in [0.15, 0.2) is 29.3 Å². The van der Waals surface area contributed by atoms with Gasteiger partial charge in [0, 0.05) is 0 Å². The summed E-state index contributed by atoms with van der Waals surface area (Å²) in [6, 6.07) is 6.04. The minimum absolute atomic E-state index is 0.106. The maximum atomic E-state index is 12.9. The van der Waals surface area contributed by atoms with Crippen molar-refractivity contribution in [3.05, 3.63) is 35.6 Å². The fraction of sp³-hybridized carbons (Fsp3) is 0.429. The van der Waals surface area contributed by atoms with Gasteiger partial charge in [-0.2, -0.15) is 4.99 Å². The number of amides is 1. The Morgan fingerprint density at radius 1 is 1.35 bits per heavy atom. The quantitative estimate of drug-likeness (QED) is 0.898. The predicted octanol–water partition coefficient (Wildman–Crippen LogP) is 2.25. The zero-order valence-electron chi connectivity index (χ0n) is 11.6. The highest BCUT2D eigenvalue weighted by Crippen LogP contribution is 2.36. The van der Waals surface area contributed by atoms with Crippen molar-refractivity contribution < 1.29 is 14.3 Å². The molecule has 4 nitrogen and oxygen atoms in total. The van der Waals surface area contributed by atoms with E-state index in [0.717, 1.165) is 5.56 Å². The maximum Gasteiger partial charge on any atom is 0.267 e. The number of hydrogen-bond donors (Lipinski definition) is 2. The number of nitrogens with one attached hydrogen (secondary N) is 1. The largest absolute Gasteiger partial charge is 0.391 e. The number of aliphatic hydroxyl groups excluding tert-OH is 1. The molecule has 0 radical (unpaired) electrons. The molecule has 20 heavy (non-hydrogen) atoms. The summed E-state index contributed by atoms with van der Waals surface area (Å²) in [6.07, 6.45) is -0.788. The molecule has 1 aromatic rings. The van der Waals surface area contributed by atoms with Crippen LogP contribution in [0.1, 0.15) is 32.4 Å². The van der Waals surface area contributed by atoms with Gasteiger partial charge in [-0.15, -0.1) is 0 Å². The van der Waals surface area contributed by atoms with Crippen molar-refractivity contribution in [2.75, 3.05) is 0 Å². The van der Waals surface area contributed by atoms with Gasteiger partial charge in [-0.3, -0.25) is 4.79 Å². The molecule has 1 aliphatic heterocycles. The lowest BCUT2D eigenvalue weighted by Gasteiger charge is -2.23. The molecule has 0 bridgehead atoms. The van der Waals surface area contributed by atoms with E-state index >= 15 is 0 Å². The molecule has 0 spiro atoms. The first-order valence-electron chi connectivity index (χ1n) is 6.35. The van der Waals surface area contributed by atoms with Gasteiger partial charge in [-0.1, -0.05) is 23.9 Å². The molecule has 0 fully saturated rings. The van der Waals surface area contributed by atoms with E-state index in [4.69, 9.17) is 0 Å². The first kappa shape index (κ1) is 15.0. The molecule has 0 saturated carbocycles. The van der Waals surface area contributed by atoms with E-state index in [-0.39, 0.29) is 17.8 Å². The Balaban J connectivity index is 2.06. The molecule has 108 valence electrons. The summed E-state index contributed by atoms with van der Waals surface area (Å²) in [4.78, 5) is 15.8. The topological polar surface area (TPSA) is 61.7 Å². The Labute approximate surface area is 121 Å². The second-order valence-corrected chi connectivity index (χ2v) is 6.46. The van der Waals surface area contributed by atoms with Gasteiger partial charge < -0.3 is 10.4 Å². The highest BCUT2D eigenvalue weighted by molar-refractivity contribution is 8.16. The van der Waals surface area contributed by atoms with E-state index in [9.17, 15) is 14.3 Å². The third-order valence-corrected chi connectivity index (χ3v) is 4.79. The van der Waals surface area contributed by atoms with Gasteiger partial charge in [-0.25, -0.2) is 4.39 Å². The van der Waals surface area contributed by atoms with Crippen LogP contribution in [0.25, 0.3) is 0 Å². The van der Waals surface area contributed by atoms with Crippen LogP contribution in [0.5, 0.6) is 0 Å². The lowest BCUT2D eigenvalue weighted by atomic mass is 10.1. The summed E-state index contributed by atoms with van der Waals surface area (Å²) in [5, 5.41) is 13.3. The van der Waals surface area contributed by atoms with Crippen LogP contribution >= 0.6 is 11.8 Å². The monoisotopic (exact) mass is 296 g/mol. The third-order valence-electron chi connectivity index (χ3n) is 3.44. The van der Waals surface area contributed by atoms with Crippen molar-refractivity contribution >= 4 is 22.8 Å². The molecular formula is C14H17FN2O2S. The Kier molecular flexibility index (Phi) is 4.15. The number of aliphatic hydroxyl groups is 1. The molecule has 3 atom stereocenters. The van der Waals surface area contributed by atoms with Crippen LogP contribution in [0, 0.1) is 5.82 Å². The van der Waals surface area contributed by atoms with Gasteiger partial charge in [0.15, 0.2) is 5.17 Å². The first-order chi connectivity index (χ1) is 9.33. The fourth-order valence-electron chi connectivity index (χ4n) is 1.82. The molecule has 1 aliphatic rings.